The van der Waals surface area contributed by atoms with E-state index in [0.717, 1.165) is 13.1 Å². The van der Waals surface area contributed by atoms with Gasteiger partial charge in [0, 0.05) is 13.1 Å². The van der Waals surface area contributed by atoms with Crippen LogP contribution in [-0.2, 0) is 9.47 Å². The highest BCUT2D eigenvalue weighted by Crippen LogP contribution is 2.21. The van der Waals surface area contributed by atoms with Crippen molar-refractivity contribution in [2.24, 2.45) is 0 Å². The number of carbonyl (C=O) groups is 1. The first-order chi connectivity index (χ1) is 4.75. The second kappa shape index (κ2) is 1.85. The van der Waals surface area contributed by atoms with Crippen LogP contribution in [0.1, 0.15) is 0 Å². The van der Waals surface area contributed by atoms with E-state index in [1.54, 1.807) is 0 Å². The monoisotopic (exact) mass is 143 g/mol. The van der Waals surface area contributed by atoms with E-state index in [1.807, 2.05) is 7.05 Å². The molecule has 0 bridgehead atoms. The summed E-state index contributed by atoms with van der Waals surface area (Å²) in [4.78, 5) is 12.6. The molecule has 2 aliphatic rings. The number of carbonyl (C=O) groups excluding carboxylic acids is 1. The number of fused-ring (bicyclic) bond motifs is 1. The van der Waals surface area contributed by atoms with E-state index in [0.29, 0.717) is 0 Å². The molecular weight excluding hydrogens is 134 g/mol. The molecule has 0 aromatic heterocycles. The minimum Gasteiger partial charge on any atom is -0.426 e. The molecule has 10 heavy (non-hydrogen) atoms. The molecule has 0 aromatic carbocycles. The molecule has 2 heterocycles. The van der Waals surface area contributed by atoms with Crippen molar-refractivity contribution in [1.29, 1.82) is 0 Å². The molecule has 0 saturated carbocycles. The Morgan fingerprint density at radius 1 is 1.40 bits per heavy atom. The van der Waals surface area contributed by atoms with Gasteiger partial charge in [-0.2, -0.15) is 0 Å². The summed E-state index contributed by atoms with van der Waals surface area (Å²) in [6.45, 7) is 1.60. The lowest BCUT2D eigenvalue weighted by atomic mass is 10.3. The number of nitrogens with zero attached hydrogens (tertiary/aromatic N) is 1. The first kappa shape index (κ1) is 5.97. The SMILES string of the molecule is CN1CC2OC(=O)OC2C1. The van der Waals surface area contributed by atoms with Gasteiger partial charge in [0.25, 0.3) is 0 Å². The summed E-state index contributed by atoms with van der Waals surface area (Å²) in [6.07, 6.45) is -0.543. The van der Waals surface area contributed by atoms with Crippen molar-refractivity contribution in [3.8, 4) is 0 Å². The van der Waals surface area contributed by atoms with Crippen molar-refractivity contribution in [3.63, 3.8) is 0 Å². The number of hydrogen-bond acceptors (Lipinski definition) is 4. The molecule has 4 heteroatoms. The predicted octanol–water partition coefficient (Wildman–Crippen LogP) is -0.164. The van der Waals surface area contributed by atoms with Gasteiger partial charge < -0.3 is 9.47 Å². The highest BCUT2D eigenvalue weighted by Gasteiger charge is 2.42. The summed E-state index contributed by atoms with van der Waals surface area (Å²) in [5.41, 5.74) is 0. The Morgan fingerprint density at radius 2 is 1.90 bits per heavy atom. The number of likely N-dealkylation sites (tertiary alicyclic amines) is 1. The predicted molar refractivity (Wildman–Crippen MR) is 32.6 cm³/mol. The van der Waals surface area contributed by atoms with Crippen LogP contribution in [-0.4, -0.2) is 43.4 Å². The van der Waals surface area contributed by atoms with Gasteiger partial charge in [0.05, 0.1) is 0 Å². The van der Waals surface area contributed by atoms with Crippen molar-refractivity contribution < 1.29 is 14.3 Å². The Morgan fingerprint density at radius 3 is 2.40 bits per heavy atom. The molecule has 2 aliphatic heterocycles. The second-order valence-corrected chi connectivity index (χ2v) is 2.78. The summed E-state index contributed by atoms with van der Waals surface area (Å²) in [6, 6.07) is 0. The molecule has 0 N–H and O–H groups in total. The van der Waals surface area contributed by atoms with Crippen LogP contribution in [0.25, 0.3) is 0 Å². The largest absolute Gasteiger partial charge is 0.509 e. The molecule has 2 unspecified atom stereocenters. The molecule has 2 atom stereocenters. The summed E-state index contributed by atoms with van der Waals surface area (Å²) in [5, 5.41) is 0. The number of ether oxygens (including phenoxy) is 2. The average molecular weight is 143 g/mol. The minimum atomic E-state index is -0.511. The molecule has 2 saturated heterocycles. The van der Waals surface area contributed by atoms with Crippen LogP contribution in [0.15, 0.2) is 0 Å². The molecule has 0 aromatic rings. The van der Waals surface area contributed by atoms with Gasteiger partial charge in [-0.05, 0) is 7.05 Å². The molecule has 0 spiro atoms. The molecule has 0 radical (unpaired) electrons. The van der Waals surface area contributed by atoms with E-state index in [1.165, 1.54) is 0 Å². The zero-order chi connectivity index (χ0) is 7.14. The quantitative estimate of drug-likeness (QED) is 0.441. The van der Waals surface area contributed by atoms with Gasteiger partial charge in [-0.1, -0.05) is 0 Å². The normalized spacial score (nSPS) is 39.1. The lowest BCUT2D eigenvalue weighted by Crippen LogP contribution is -2.19. The number of likely N-dealkylation sites (N-methyl/N-ethyl adjacent to an activating group) is 1. The van der Waals surface area contributed by atoms with Crippen LogP contribution in [0, 0.1) is 0 Å². The topological polar surface area (TPSA) is 38.8 Å². The van der Waals surface area contributed by atoms with E-state index in [2.05, 4.69) is 4.90 Å². The Kier molecular flexibility index (Phi) is 1.11. The van der Waals surface area contributed by atoms with E-state index < -0.39 is 6.16 Å². The van der Waals surface area contributed by atoms with Crippen molar-refractivity contribution >= 4 is 6.16 Å². The maximum absolute atomic E-state index is 10.5. The second-order valence-electron chi connectivity index (χ2n) is 2.78. The average Bonchev–Trinajstić information content (AvgIpc) is 2.21. The molecule has 4 nitrogen and oxygen atoms in total. The molecule has 2 fully saturated rings. The lowest BCUT2D eigenvalue weighted by molar-refractivity contribution is 0.100. The highest BCUT2D eigenvalue weighted by atomic mass is 16.8. The third-order valence-corrected chi connectivity index (χ3v) is 1.89. The summed E-state index contributed by atoms with van der Waals surface area (Å²) >= 11 is 0. The zero-order valence-corrected chi connectivity index (χ0v) is 5.74. The fraction of sp³-hybridized carbons (Fsp3) is 0.833. The van der Waals surface area contributed by atoms with Crippen LogP contribution in [0.2, 0.25) is 0 Å². The van der Waals surface area contributed by atoms with Crippen molar-refractivity contribution in [1.82, 2.24) is 4.90 Å². The lowest BCUT2D eigenvalue weighted by Gasteiger charge is -2.06. The zero-order valence-electron chi connectivity index (χ0n) is 5.74. The van der Waals surface area contributed by atoms with Crippen LogP contribution >= 0.6 is 0 Å². The Hall–Kier alpha value is -0.770. The molecular formula is C6H9NO3. The first-order valence-electron chi connectivity index (χ1n) is 3.31. The molecule has 0 aliphatic carbocycles. The van der Waals surface area contributed by atoms with Crippen molar-refractivity contribution in [2.75, 3.05) is 20.1 Å². The van der Waals surface area contributed by atoms with Crippen LogP contribution in [0.4, 0.5) is 4.79 Å². The van der Waals surface area contributed by atoms with Gasteiger partial charge in [0.1, 0.15) is 0 Å². The number of hydrogen-bond donors (Lipinski definition) is 0. The molecule has 56 valence electrons. The highest BCUT2D eigenvalue weighted by molar-refractivity contribution is 5.62. The Labute approximate surface area is 58.7 Å². The fourth-order valence-corrected chi connectivity index (χ4v) is 1.43. The van der Waals surface area contributed by atoms with Gasteiger partial charge in [-0.15, -0.1) is 0 Å². The van der Waals surface area contributed by atoms with Crippen LogP contribution < -0.4 is 0 Å². The molecule has 0 amide bonds. The summed E-state index contributed by atoms with van der Waals surface area (Å²) < 4.78 is 9.71. The van der Waals surface area contributed by atoms with Gasteiger partial charge in [-0.3, -0.25) is 4.90 Å². The van der Waals surface area contributed by atoms with Crippen molar-refractivity contribution in [3.05, 3.63) is 0 Å². The molecule has 2 rings (SSSR count). The Bertz CT molecular complexity index is 154. The maximum Gasteiger partial charge on any atom is 0.509 e. The Balaban J connectivity index is 2.06. The van der Waals surface area contributed by atoms with Gasteiger partial charge in [0.2, 0.25) is 0 Å². The van der Waals surface area contributed by atoms with E-state index in [9.17, 15) is 4.79 Å². The standard InChI is InChI=1S/C6H9NO3/c1-7-2-4-5(3-7)10-6(8)9-4/h4-5H,2-3H2,1H3. The summed E-state index contributed by atoms with van der Waals surface area (Å²) in [7, 11) is 1.98. The van der Waals surface area contributed by atoms with Gasteiger partial charge in [-0.25, -0.2) is 4.79 Å². The number of rotatable bonds is 0. The van der Waals surface area contributed by atoms with Crippen molar-refractivity contribution in [2.45, 2.75) is 12.2 Å². The summed E-state index contributed by atoms with van der Waals surface area (Å²) in [5.74, 6) is 0. The van der Waals surface area contributed by atoms with Gasteiger partial charge in [0.15, 0.2) is 12.2 Å². The van der Waals surface area contributed by atoms with E-state index in [-0.39, 0.29) is 12.2 Å². The van der Waals surface area contributed by atoms with E-state index >= 15 is 0 Å². The third kappa shape index (κ3) is 0.759. The smallest absolute Gasteiger partial charge is 0.426 e. The van der Waals surface area contributed by atoms with Crippen LogP contribution in [0.3, 0.4) is 0 Å². The third-order valence-electron chi connectivity index (χ3n) is 1.89. The first-order valence-corrected chi connectivity index (χ1v) is 3.31. The van der Waals surface area contributed by atoms with Gasteiger partial charge >= 0.3 is 6.16 Å². The van der Waals surface area contributed by atoms with Crippen LogP contribution in [0.5, 0.6) is 0 Å². The fourth-order valence-electron chi connectivity index (χ4n) is 1.43. The minimum absolute atomic E-state index is 0.0162. The maximum atomic E-state index is 10.5. The van der Waals surface area contributed by atoms with E-state index in [4.69, 9.17) is 9.47 Å².